The van der Waals surface area contributed by atoms with E-state index in [1.165, 1.54) is 0 Å². The van der Waals surface area contributed by atoms with Crippen molar-refractivity contribution < 1.29 is 122 Å². The van der Waals surface area contributed by atoms with Gasteiger partial charge in [-0.05, 0) is 56.4 Å². The number of aliphatic hydroxyl groups excluding tert-OH is 1. The van der Waals surface area contributed by atoms with Crippen LogP contribution in [0.4, 0.5) is 0 Å². The van der Waals surface area contributed by atoms with Crippen molar-refractivity contribution in [3.05, 3.63) is 35.9 Å². The molecule has 43 heteroatoms. The third kappa shape index (κ3) is 37.9. The maximum Gasteiger partial charge on any atom is 0.326 e. The highest BCUT2D eigenvalue weighted by molar-refractivity contribution is 6.00. The van der Waals surface area contributed by atoms with E-state index in [0.29, 0.717) is 5.56 Å². The molecule has 0 aliphatic carbocycles. The number of amides is 14. The lowest BCUT2D eigenvalue weighted by Gasteiger charge is -2.27. The fourth-order valence-corrected chi connectivity index (χ4v) is 8.82. The molecule has 14 amide bonds. The van der Waals surface area contributed by atoms with Crippen LogP contribution in [0.5, 0.6) is 0 Å². The summed E-state index contributed by atoms with van der Waals surface area (Å²) in [5, 5.41) is 87.7. The van der Waals surface area contributed by atoms with Gasteiger partial charge in [0.25, 0.3) is 0 Å². The summed E-state index contributed by atoms with van der Waals surface area (Å²) in [5.41, 5.74) is 16.4. The number of aliphatic imine (C=N–C) groups is 1. The number of carbonyl (C=O) groups is 19. The zero-order valence-corrected chi connectivity index (χ0v) is 57.0. The number of nitrogens with two attached hydrogens (primary N) is 3. The smallest absolute Gasteiger partial charge is 0.326 e. The molecule has 0 aliphatic heterocycles. The lowest BCUT2D eigenvalue weighted by molar-refractivity contribution is -0.143. The van der Waals surface area contributed by atoms with Gasteiger partial charge in [0, 0.05) is 25.8 Å². The molecule has 10 unspecified atom stereocenters. The van der Waals surface area contributed by atoms with Gasteiger partial charge in [0.15, 0.2) is 5.96 Å². The molecule has 26 N–H and O–H groups in total. The number of aliphatic carboxylic acids is 5. The Kier molecular flexibility index (Phi) is 40.5. The molecule has 0 heterocycles. The second-order valence-corrected chi connectivity index (χ2v) is 23.7. The second-order valence-electron chi connectivity index (χ2n) is 23.7. The molecule has 0 spiro atoms. The fraction of sp³-hybridized carbons (Fsp3) is 0.567. The van der Waals surface area contributed by atoms with Crippen LogP contribution in [0.15, 0.2) is 35.3 Å². The molecule has 1 rings (SSSR count). The Morgan fingerprint density at radius 1 is 0.417 bits per heavy atom. The van der Waals surface area contributed by atoms with E-state index in [9.17, 15) is 117 Å². The highest BCUT2D eigenvalue weighted by Crippen LogP contribution is 2.11. The third-order valence-electron chi connectivity index (χ3n) is 14.2. The number of rotatable bonds is 49. The zero-order chi connectivity index (χ0) is 78.2. The molecular weight excluding hydrogens is 1370 g/mol. The van der Waals surface area contributed by atoms with Crippen LogP contribution in [0, 0.1) is 11.8 Å². The molecule has 0 saturated heterocycles. The number of nitrogens with one attached hydrogen (secondary N) is 14. The van der Waals surface area contributed by atoms with Gasteiger partial charge in [-0.25, -0.2) is 4.79 Å². The van der Waals surface area contributed by atoms with Crippen molar-refractivity contribution >= 4 is 119 Å². The van der Waals surface area contributed by atoms with Gasteiger partial charge in [-0.1, -0.05) is 58.0 Å². The van der Waals surface area contributed by atoms with Crippen LogP contribution in [0.1, 0.15) is 98.0 Å². The van der Waals surface area contributed by atoms with E-state index in [2.05, 4.69) is 68.8 Å². The fourth-order valence-electron chi connectivity index (χ4n) is 8.82. The summed E-state index contributed by atoms with van der Waals surface area (Å²) < 4.78 is 0. The Morgan fingerprint density at radius 3 is 1.33 bits per heavy atom. The topological polar surface area (TPSA) is 705 Å². The summed E-state index contributed by atoms with van der Waals surface area (Å²) in [6.07, 6.45) is -4.92. The second kappa shape index (κ2) is 46.6. The number of benzene rings is 1. The average molecular weight is 1470 g/mol. The van der Waals surface area contributed by atoms with Crippen molar-refractivity contribution in [2.45, 2.75) is 159 Å². The lowest BCUT2D eigenvalue weighted by Crippen LogP contribution is -2.59. The standard InChI is InChI=1S/C60H92N18O25/c1-28(2)18-36(55(98)70-30(5)50(93)73-34(14-16-46(87)88)53(96)67-23-41(81)65-22-40(80)66-24-44(84)78-49(29(3)4)58(101)74-35(59(102)103)12-9-17-64-60(62)63)75-56(99)37(19-31-10-7-6-8-11-31)76-57(100)38(21-48(91)92)72-43(83)26-68-52(95)33(13-15-45(85)86)71-42(82)25-69-54(97)39(27-79)77-51(94)32(61)20-47(89)90/h6-8,10-11,28-30,32-39,49,79H,9,12-27,61H2,1-5H3,(H,65,81)(H,66,80)(H,67,96)(H,68,95)(H,69,97)(H,70,98)(H,71,82)(H,72,83)(H,73,93)(H,74,101)(H,75,99)(H,76,100)(H,77,94)(H,78,84)(H,85,86)(H,87,88)(H,89,90)(H,91,92)(H,102,103)(H4,62,63,64). The van der Waals surface area contributed by atoms with Crippen LogP contribution < -0.4 is 91.6 Å². The summed E-state index contributed by atoms with van der Waals surface area (Å²) in [6.45, 7) is 2.33. The first-order valence-electron chi connectivity index (χ1n) is 31.9. The van der Waals surface area contributed by atoms with Crippen molar-refractivity contribution in [2.24, 2.45) is 34.0 Å². The predicted octanol–water partition coefficient (Wildman–Crippen LogP) is -9.97. The van der Waals surface area contributed by atoms with Crippen LogP contribution in [0.2, 0.25) is 0 Å². The van der Waals surface area contributed by atoms with E-state index in [0.717, 1.165) is 6.92 Å². The Labute approximate surface area is 588 Å². The molecule has 0 saturated carbocycles. The van der Waals surface area contributed by atoms with Crippen LogP contribution in [0.3, 0.4) is 0 Å². The Hall–Kier alpha value is -11.7. The summed E-state index contributed by atoms with van der Waals surface area (Å²) in [7, 11) is 0. The maximum atomic E-state index is 14.3. The van der Waals surface area contributed by atoms with E-state index in [-0.39, 0.29) is 44.1 Å². The van der Waals surface area contributed by atoms with E-state index < -0.39 is 257 Å². The number of nitrogens with zero attached hydrogens (tertiary/aromatic N) is 1. The molecule has 103 heavy (non-hydrogen) atoms. The molecule has 43 nitrogen and oxygen atoms in total. The predicted molar refractivity (Wildman–Crippen MR) is 353 cm³/mol. The van der Waals surface area contributed by atoms with Gasteiger partial charge in [0.1, 0.15) is 54.4 Å². The SMILES string of the molecule is CC(C)CC(NC(=O)C(Cc1ccccc1)NC(=O)C(CC(=O)O)NC(=O)CNC(=O)C(CCC(=O)O)NC(=O)CNC(=O)C(CO)NC(=O)C(N)CC(=O)O)C(=O)NC(C)C(=O)NC(CCC(=O)O)C(=O)NCC(=O)NCC(=O)NCC(=O)NC(C(=O)NC(CCCN=C(N)N)C(=O)O)C(C)C. The molecule has 572 valence electrons. The van der Waals surface area contributed by atoms with Gasteiger partial charge in [-0.3, -0.25) is 91.3 Å². The Balaban J connectivity index is 3.15. The Morgan fingerprint density at radius 2 is 0.845 bits per heavy atom. The van der Waals surface area contributed by atoms with Crippen LogP contribution in [0.25, 0.3) is 0 Å². The average Bonchev–Trinajstić information content (AvgIpc) is 0.847. The highest BCUT2D eigenvalue weighted by atomic mass is 16.4. The maximum absolute atomic E-state index is 14.3. The number of aliphatic hydroxyl groups is 1. The molecule has 10 atom stereocenters. The first kappa shape index (κ1) is 89.4. The molecule has 0 bridgehead atoms. The van der Waals surface area contributed by atoms with E-state index in [4.69, 9.17) is 22.3 Å². The van der Waals surface area contributed by atoms with E-state index >= 15 is 0 Å². The summed E-state index contributed by atoms with van der Waals surface area (Å²) in [5.74, 6) is -23.5. The highest BCUT2D eigenvalue weighted by Gasteiger charge is 2.35. The van der Waals surface area contributed by atoms with Gasteiger partial charge in [-0.15, -0.1) is 0 Å². The molecular formula is C60H92N18O25. The number of carbonyl (C=O) groups excluding carboxylic acids is 14. The van der Waals surface area contributed by atoms with Crippen molar-refractivity contribution in [2.75, 3.05) is 45.9 Å². The third-order valence-corrected chi connectivity index (χ3v) is 14.2. The van der Waals surface area contributed by atoms with Gasteiger partial charge < -0.3 is 122 Å². The van der Waals surface area contributed by atoms with Gasteiger partial charge >= 0.3 is 29.8 Å². The molecule has 1 aromatic carbocycles. The van der Waals surface area contributed by atoms with Crippen LogP contribution >= 0.6 is 0 Å². The largest absolute Gasteiger partial charge is 0.481 e. The van der Waals surface area contributed by atoms with Gasteiger partial charge in [0.05, 0.1) is 58.2 Å². The number of carboxylic acid groups (broad SMARTS) is 5. The summed E-state index contributed by atoms with van der Waals surface area (Å²) in [4.78, 5) is 246. The summed E-state index contributed by atoms with van der Waals surface area (Å²) in [6, 6.07) is -8.22. The van der Waals surface area contributed by atoms with Crippen molar-refractivity contribution in [1.82, 2.24) is 74.4 Å². The van der Waals surface area contributed by atoms with Gasteiger partial charge in [0.2, 0.25) is 82.7 Å². The molecule has 0 aromatic heterocycles. The van der Waals surface area contributed by atoms with Crippen molar-refractivity contribution in [3.63, 3.8) is 0 Å². The van der Waals surface area contributed by atoms with E-state index in [1.54, 1.807) is 58.0 Å². The molecule has 0 radical (unpaired) electrons. The van der Waals surface area contributed by atoms with Crippen LogP contribution in [-0.2, 0) is 97.5 Å². The number of carboxylic acids is 5. The normalized spacial score (nSPS) is 13.7. The zero-order valence-electron chi connectivity index (χ0n) is 57.0. The minimum Gasteiger partial charge on any atom is -0.481 e. The minimum atomic E-state index is -2.00. The molecule has 0 fully saturated rings. The van der Waals surface area contributed by atoms with E-state index in [1.807, 2.05) is 10.6 Å². The Bertz CT molecular complexity index is 3220. The van der Waals surface area contributed by atoms with Crippen molar-refractivity contribution in [3.8, 4) is 0 Å². The minimum absolute atomic E-state index is 0.0528. The van der Waals surface area contributed by atoms with Gasteiger partial charge in [-0.2, -0.15) is 0 Å². The first-order valence-corrected chi connectivity index (χ1v) is 31.9. The number of hydrogen-bond donors (Lipinski definition) is 23. The summed E-state index contributed by atoms with van der Waals surface area (Å²) >= 11 is 0. The number of hydrogen-bond acceptors (Lipinski definition) is 22. The monoisotopic (exact) mass is 1460 g/mol. The molecule has 0 aliphatic rings. The lowest BCUT2D eigenvalue weighted by atomic mass is 10.0. The van der Waals surface area contributed by atoms with Crippen LogP contribution in [-0.4, -0.2) is 255 Å². The first-order chi connectivity index (χ1) is 48.2. The quantitative estimate of drug-likeness (QED) is 0.0164. The number of guanidine groups is 1. The van der Waals surface area contributed by atoms with Crippen molar-refractivity contribution in [1.29, 1.82) is 0 Å². The molecule has 1 aromatic rings.